The number of methoxy groups -OCH3 is 3. The summed E-state index contributed by atoms with van der Waals surface area (Å²) in [7, 11) is 4.78. The van der Waals surface area contributed by atoms with Crippen molar-refractivity contribution in [3.63, 3.8) is 0 Å². The van der Waals surface area contributed by atoms with Crippen molar-refractivity contribution in [1.29, 1.82) is 0 Å². The van der Waals surface area contributed by atoms with Gasteiger partial charge < -0.3 is 18.9 Å². The van der Waals surface area contributed by atoms with Gasteiger partial charge in [0.05, 0.1) is 21.3 Å². The summed E-state index contributed by atoms with van der Waals surface area (Å²) < 4.78 is 21.1. The van der Waals surface area contributed by atoms with E-state index in [9.17, 15) is 4.79 Å². The number of cyclic esters (lactones) is 1. The van der Waals surface area contributed by atoms with Crippen LogP contribution in [0, 0.1) is 0 Å². The van der Waals surface area contributed by atoms with Crippen LogP contribution in [-0.2, 0) is 16.0 Å². The summed E-state index contributed by atoms with van der Waals surface area (Å²) in [4.78, 5) is 16.5. The molecule has 1 heterocycles. The second-order valence-corrected chi connectivity index (χ2v) is 5.88. The topological polar surface area (TPSA) is 66.3 Å². The highest BCUT2D eigenvalue weighted by atomic mass is 16.6. The van der Waals surface area contributed by atoms with E-state index in [0.717, 1.165) is 11.3 Å². The highest BCUT2D eigenvalue weighted by Gasteiger charge is 2.23. The normalized spacial score (nSPS) is 14.7. The summed E-state index contributed by atoms with van der Waals surface area (Å²) in [5.41, 5.74) is 2.02. The molecular weight excluding hydrogens is 346 g/mol. The molecule has 2 aromatic rings. The van der Waals surface area contributed by atoms with Crippen molar-refractivity contribution in [2.45, 2.75) is 12.8 Å². The zero-order chi connectivity index (χ0) is 19.2. The van der Waals surface area contributed by atoms with E-state index in [1.165, 1.54) is 0 Å². The monoisotopic (exact) mass is 367 g/mol. The van der Waals surface area contributed by atoms with E-state index in [-0.39, 0.29) is 5.70 Å². The van der Waals surface area contributed by atoms with Crippen molar-refractivity contribution in [1.82, 2.24) is 0 Å². The molecule has 3 rings (SSSR count). The largest absolute Gasteiger partial charge is 0.497 e. The number of ether oxygens (including phenoxy) is 4. The van der Waals surface area contributed by atoms with Gasteiger partial charge in [0.1, 0.15) is 17.2 Å². The van der Waals surface area contributed by atoms with Crippen LogP contribution in [0.2, 0.25) is 0 Å². The summed E-state index contributed by atoms with van der Waals surface area (Å²) in [5, 5.41) is 0. The van der Waals surface area contributed by atoms with Crippen molar-refractivity contribution in [3.8, 4) is 17.2 Å². The molecule has 0 saturated heterocycles. The first-order chi connectivity index (χ1) is 13.1. The lowest BCUT2D eigenvalue weighted by Crippen LogP contribution is -2.05. The number of carbonyl (C=O) groups excluding carboxylic acids is 1. The predicted molar refractivity (Wildman–Crippen MR) is 102 cm³/mol. The summed E-state index contributed by atoms with van der Waals surface area (Å²) >= 11 is 0. The molecular formula is C21H21NO5. The second kappa shape index (κ2) is 8.40. The minimum absolute atomic E-state index is 0.238. The molecule has 0 aromatic heterocycles. The molecule has 0 atom stereocenters. The molecule has 1 aliphatic rings. The van der Waals surface area contributed by atoms with Gasteiger partial charge in [-0.15, -0.1) is 0 Å². The molecule has 6 heteroatoms. The average molecular weight is 367 g/mol. The van der Waals surface area contributed by atoms with Gasteiger partial charge in [-0.3, -0.25) is 0 Å². The van der Waals surface area contributed by atoms with Gasteiger partial charge in [-0.25, -0.2) is 9.79 Å². The van der Waals surface area contributed by atoms with Crippen LogP contribution in [0.15, 0.2) is 53.2 Å². The molecule has 0 bridgehead atoms. The van der Waals surface area contributed by atoms with Crippen LogP contribution in [0.4, 0.5) is 0 Å². The number of rotatable bonds is 7. The number of aliphatic imine (C=N–C) groups is 1. The Bertz CT molecular complexity index is 901. The van der Waals surface area contributed by atoms with Gasteiger partial charge in [-0.05, 0) is 48.4 Å². The van der Waals surface area contributed by atoms with Crippen LogP contribution in [0.3, 0.4) is 0 Å². The third-order valence-electron chi connectivity index (χ3n) is 4.16. The molecule has 0 amide bonds. The van der Waals surface area contributed by atoms with Gasteiger partial charge in [0.2, 0.25) is 0 Å². The van der Waals surface area contributed by atoms with Gasteiger partial charge in [-0.2, -0.15) is 0 Å². The molecule has 2 aromatic carbocycles. The first kappa shape index (κ1) is 18.5. The van der Waals surface area contributed by atoms with Crippen LogP contribution in [0.1, 0.15) is 17.5 Å². The SMILES string of the molecule is COc1cccc(CCC2=N/C(=C\c3cc(OC)ccc3OC)C(=O)O2)c1. The molecule has 0 fully saturated rings. The fourth-order valence-corrected chi connectivity index (χ4v) is 2.74. The maximum absolute atomic E-state index is 12.2. The number of nitrogens with zero attached hydrogens (tertiary/aromatic N) is 1. The van der Waals surface area contributed by atoms with E-state index in [2.05, 4.69) is 4.99 Å². The molecule has 0 aliphatic carbocycles. The molecule has 140 valence electrons. The number of benzene rings is 2. The molecule has 6 nitrogen and oxygen atoms in total. The Hall–Kier alpha value is -3.28. The van der Waals surface area contributed by atoms with Crippen molar-refractivity contribution >= 4 is 17.9 Å². The molecule has 0 spiro atoms. The third kappa shape index (κ3) is 4.47. The Morgan fingerprint density at radius 2 is 1.74 bits per heavy atom. The van der Waals surface area contributed by atoms with E-state index < -0.39 is 5.97 Å². The van der Waals surface area contributed by atoms with Crippen LogP contribution in [0.5, 0.6) is 17.2 Å². The molecule has 1 aliphatic heterocycles. The number of carbonyl (C=O) groups is 1. The predicted octanol–water partition coefficient (Wildman–Crippen LogP) is 3.64. The fraction of sp³-hybridized carbons (Fsp3) is 0.238. The van der Waals surface area contributed by atoms with Gasteiger partial charge in [0, 0.05) is 12.0 Å². The second-order valence-electron chi connectivity index (χ2n) is 5.88. The van der Waals surface area contributed by atoms with Gasteiger partial charge in [0.25, 0.3) is 0 Å². The summed E-state index contributed by atoms with van der Waals surface area (Å²) in [6, 6.07) is 13.1. The maximum Gasteiger partial charge on any atom is 0.363 e. The van der Waals surface area contributed by atoms with Crippen LogP contribution < -0.4 is 14.2 Å². The summed E-state index contributed by atoms with van der Waals surface area (Å²) in [5.74, 6) is 2.01. The Kier molecular flexibility index (Phi) is 5.76. The Morgan fingerprint density at radius 1 is 0.963 bits per heavy atom. The number of hydrogen-bond donors (Lipinski definition) is 0. The van der Waals surface area contributed by atoms with Crippen LogP contribution in [-0.4, -0.2) is 33.2 Å². The maximum atomic E-state index is 12.2. The first-order valence-electron chi connectivity index (χ1n) is 8.49. The number of esters is 1. The van der Waals surface area contributed by atoms with E-state index in [1.807, 2.05) is 24.3 Å². The lowest BCUT2D eigenvalue weighted by atomic mass is 10.1. The van der Waals surface area contributed by atoms with E-state index >= 15 is 0 Å². The Balaban J connectivity index is 1.76. The van der Waals surface area contributed by atoms with Crippen LogP contribution >= 0.6 is 0 Å². The summed E-state index contributed by atoms with van der Waals surface area (Å²) in [6.45, 7) is 0. The number of hydrogen-bond acceptors (Lipinski definition) is 6. The number of aryl methyl sites for hydroxylation is 1. The molecule has 0 N–H and O–H groups in total. The smallest absolute Gasteiger partial charge is 0.363 e. The summed E-state index contributed by atoms with van der Waals surface area (Å²) in [6.07, 6.45) is 2.85. The lowest BCUT2D eigenvalue weighted by Gasteiger charge is -2.07. The van der Waals surface area contributed by atoms with Crippen molar-refractivity contribution in [3.05, 3.63) is 59.3 Å². The minimum atomic E-state index is -0.472. The Morgan fingerprint density at radius 3 is 2.48 bits per heavy atom. The molecule has 0 saturated carbocycles. The van der Waals surface area contributed by atoms with E-state index in [0.29, 0.717) is 35.8 Å². The molecule has 27 heavy (non-hydrogen) atoms. The van der Waals surface area contributed by atoms with Crippen molar-refractivity contribution in [2.24, 2.45) is 4.99 Å². The quantitative estimate of drug-likeness (QED) is 0.552. The third-order valence-corrected chi connectivity index (χ3v) is 4.16. The van der Waals surface area contributed by atoms with Crippen molar-refractivity contribution in [2.75, 3.05) is 21.3 Å². The minimum Gasteiger partial charge on any atom is -0.497 e. The highest BCUT2D eigenvalue weighted by Crippen LogP contribution is 2.28. The zero-order valence-corrected chi connectivity index (χ0v) is 15.5. The van der Waals surface area contributed by atoms with E-state index in [1.54, 1.807) is 45.6 Å². The fourth-order valence-electron chi connectivity index (χ4n) is 2.74. The van der Waals surface area contributed by atoms with Gasteiger partial charge in [-0.1, -0.05) is 12.1 Å². The Labute approximate surface area is 158 Å². The molecule has 0 unspecified atom stereocenters. The zero-order valence-electron chi connectivity index (χ0n) is 15.5. The van der Waals surface area contributed by atoms with Gasteiger partial charge in [0.15, 0.2) is 11.6 Å². The standard InChI is InChI=1S/C21H21NO5/c1-24-16-6-4-5-14(11-16)7-10-20-22-18(21(23)27-20)13-15-12-17(25-2)8-9-19(15)26-3/h4-6,8-9,11-13H,7,10H2,1-3H3/b18-13-. The lowest BCUT2D eigenvalue weighted by molar-refractivity contribution is -0.130. The molecule has 0 radical (unpaired) electrons. The van der Waals surface area contributed by atoms with Gasteiger partial charge >= 0.3 is 5.97 Å². The highest BCUT2D eigenvalue weighted by molar-refractivity contribution is 6.07. The van der Waals surface area contributed by atoms with Crippen LogP contribution in [0.25, 0.3) is 6.08 Å². The van der Waals surface area contributed by atoms with E-state index in [4.69, 9.17) is 18.9 Å². The average Bonchev–Trinajstić information content (AvgIpc) is 3.05. The first-order valence-corrected chi connectivity index (χ1v) is 8.49. The van der Waals surface area contributed by atoms with Crippen molar-refractivity contribution < 1.29 is 23.7 Å².